The molecule has 22 heavy (non-hydrogen) atoms. The van der Waals surface area contributed by atoms with Gasteiger partial charge in [-0.25, -0.2) is 9.97 Å². The molecular weight excluding hydrogens is 284 g/mol. The summed E-state index contributed by atoms with van der Waals surface area (Å²) in [5, 5.41) is 0. The van der Waals surface area contributed by atoms with Gasteiger partial charge in [0.1, 0.15) is 19.5 Å². The Hall–Kier alpha value is -2.76. The fourth-order valence-electron chi connectivity index (χ4n) is 2.24. The zero-order valence-electron chi connectivity index (χ0n) is 11.8. The summed E-state index contributed by atoms with van der Waals surface area (Å²) in [6.07, 6.45) is 4.46. The Bertz CT molecular complexity index is 701. The maximum Gasteiger partial charge on any atom is 0.172 e. The molecule has 1 aliphatic heterocycles. The summed E-state index contributed by atoms with van der Waals surface area (Å²) in [4.78, 5) is 31.9. The minimum atomic E-state index is -0.157. The summed E-state index contributed by atoms with van der Waals surface area (Å²) in [6, 6.07) is 5.19. The molecule has 0 N–H and O–H groups in total. The van der Waals surface area contributed by atoms with Gasteiger partial charge in [0, 0.05) is 25.2 Å². The van der Waals surface area contributed by atoms with Gasteiger partial charge in [0.25, 0.3) is 0 Å². The fraction of sp³-hybridized carbons (Fsp3) is 0.250. The van der Waals surface area contributed by atoms with Gasteiger partial charge >= 0.3 is 0 Å². The van der Waals surface area contributed by atoms with Gasteiger partial charge < -0.3 is 9.47 Å². The summed E-state index contributed by atoms with van der Waals surface area (Å²) in [5.74, 6) is 0.734. The molecule has 0 amide bonds. The van der Waals surface area contributed by atoms with Crippen LogP contribution in [-0.2, 0) is 0 Å². The van der Waals surface area contributed by atoms with Crippen LogP contribution in [0.1, 0.15) is 33.6 Å². The van der Waals surface area contributed by atoms with Crippen LogP contribution in [0, 0.1) is 0 Å². The molecule has 6 heteroatoms. The van der Waals surface area contributed by atoms with Crippen LogP contribution in [0.2, 0.25) is 0 Å². The van der Waals surface area contributed by atoms with E-state index in [4.69, 9.17) is 9.47 Å². The van der Waals surface area contributed by atoms with Crippen LogP contribution in [0.4, 0.5) is 0 Å². The van der Waals surface area contributed by atoms with Gasteiger partial charge in [-0.1, -0.05) is 6.07 Å². The Morgan fingerprint density at radius 2 is 1.73 bits per heavy atom. The highest BCUT2D eigenvalue weighted by molar-refractivity contribution is 6.03. The Morgan fingerprint density at radius 3 is 2.55 bits per heavy atom. The number of hydrogen-bond acceptors (Lipinski definition) is 6. The Labute approximate surface area is 127 Å². The lowest BCUT2D eigenvalue weighted by Gasteiger charge is -2.20. The van der Waals surface area contributed by atoms with Crippen molar-refractivity contribution >= 4 is 11.6 Å². The first-order valence-electron chi connectivity index (χ1n) is 6.96. The summed E-state index contributed by atoms with van der Waals surface area (Å²) < 4.78 is 11.0. The van der Waals surface area contributed by atoms with Crippen molar-refractivity contribution in [2.45, 2.75) is 12.8 Å². The molecule has 1 aliphatic rings. The molecule has 0 unspecified atom stereocenters. The third-order valence-electron chi connectivity index (χ3n) is 3.33. The molecule has 1 aromatic heterocycles. The Kier molecular flexibility index (Phi) is 4.09. The number of para-hydroxylation sites is 1. The standard InChI is InChI=1S/C16H14N2O4/c19-13(11-8-17-10-18-9-11)4-5-14(20)12-2-1-3-15-16(12)22-7-6-21-15/h1-3,8-10H,4-7H2. The van der Waals surface area contributed by atoms with Crippen molar-refractivity contribution in [3.05, 3.63) is 48.0 Å². The molecule has 0 bridgehead atoms. The monoisotopic (exact) mass is 298 g/mol. The number of rotatable bonds is 5. The lowest BCUT2D eigenvalue weighted by atomic mass is 10.0. The SMILES string of the molecule is O=C(CCC(=O)c1cccc2c1OCCO2)c1cncnc1. The third kappa shape index (κ3) is 2.95. The van der Waals surface area contributed by atoms with E-state index < -0.39 is 0 Å². The van der Waals surface area contributed by atoms with Crippen molar-refractivity contribution in [1.29, 1.82) is 0 Å². The maximum absolute atomic E-state index is 12.3. The quantitative estimate of drug-likeness (QED) is 0.786. The third-order valence-corrected chi connectivity index (χ3v) is 3.33. The highest BCUT2D eigenvalue weighted by Gasteiger charge is 2.21. The van der Waals surface area contributed by atoms with Gasteiger partial charge in [-0.3, -0.25) is 9.59 Å². The number of nitrogens with zero attached hydrogens (tertiary/aromatic N) is 2. The van der Waals surface area contributed by atoms with E-state index in [2.05, 4.69) is 9.97 Å². The van der Waals surface area contributed by atoms with Crippen molar-refractivity contribution in [1.82, 2.24) is 9.97 Å². The molecule has 0 aliphatic carbocycles. The number of ether oxygens (including phenoxy) is 2. The molecule has 2 heterocycles. The molecule has 112 valence electrons. The molecule has 2 aromatic rings. The molecule has 0 fully saturated rings. The smallest absolute Gasteiger partial charge is 0.172 e. The first-order chi connectivity index (χ1) is 10.8. The van der Waals surface area contributed by atoms with E-state index in [0.717, 1.165) is 0 Å². The van der Waals surface area contributed by atoms with E-state index in [1.807, 2.05) is 0 Å². The zero-order chi connectivity index (χ0) is 15.4. The predicted molar refractivity (Wildman–Crippen MR) is 77.4 cm³/mol. The number of carbonyl (C=O) groups is 2. The molecule has 0 saturated carbocycles. The Morgan fingerprint density at radius 1 is 1.00 bits per heavy atom. The lowest BCUT2D eigenvalue weighted by molar-refractivity contribution is 0.0911. The molecule has 1 aromatic carbocycles. The number of Topliss-reactive ketones (excluding diaryl/α,β-unsaturated/α-hetero) is 2. The second-order valence-corrected chi connectivity index (χ2v) is 4.80. The Balaban J connectivity index is 1.69. The van der Waals surface area contributed by atoms with E-state index in [-0.39, 0.29) is 24.4 Å². The van der Waals surface area contributed by atoms with Crippen LogP contribution < -0.4 is 9.47 Å². The molecule has 0 spiro atoms. The second-order valence-electron chi connectivity index (χ2n) is 4.80. The number of benzene rings is 1. The van der Waals surface area contributed by atoms with E-state index >= 15 is 0 Å². The summed E-state index contributed by atoms with van der Waals surface area (Å²) in [7, 11) is 0. The highest BCUT2D eigenvalue weighted by atomic mass is 16.6. The van der Waals surface area contributed by atoms with Crippen molar-refractivity contribution in [3.63, 3.8) is 0 Å². The van der Waals surface area contributed by atoms with Crippen molar-refractivity contribution in [3.8, 4) is 11.5 Å². The van der Waals surface area contributed by atoms with Gasteiger partial charge in [0.05, 0.1) is 11.1 Å². The predicted octanol–water partition coefficient (Wildman–Crippen LogP) is 2.09. The minimum Gasteiger partial charge on any atom is -0.486 e. The number of hydrogen-bond donors (Lipinski definition) is 0. The zero-order valence-corrected chi connectivity index (χ0v) is 11.8. The average molecular weight is 298 g/mol. The lowest BCUT2D eigenvalue weighted by Crippen LogP contribution is -2.18. The number of aromatic nitrogens is 2. The molecule has 0 radical (unpaired) electrons. The summed E-state index contributed by atoms with van der Waals surface area (Å²) >= 11 is 0. The van der Waals surface area contributed by atoms with Crippen LogP contribution in [0.25, 0.3) is 0 Å². The highest BCUT2D eigenvalue weighted by Crippen LogP contribution is 2.34. The summed E-state index contributed by atoms with van der Waals surface area (Å²) in [6.45, 7) is 0.884. The van der Waals surface area contributed by atoms with E-state index in [1.54, 1.807) is 18.2 Å². The number of ketones is 2. The van der Waals surface area contributed by atoms with Gasteiger partial charge in [-0.05, 0) is 12.1 Å². The largest absolute Gasteiger partial charge is 0.486 e. The van der Waals surface area contributed by atoms with Crippen LogP contribution in [0.3, 0.4) is 0 Å². The van der Waals surface area contributed by atoms with Crippen molar-refractivity contribution in [2.24, 2.45) is 0 Å². The van der Waals surface area contributed by atoms with Crippen LogP contribution in [0.5, 0.6) is 11.5 Å². The number of carbonyl (C=O) groups excluding carboxylic acids is 2. The van der Waals surface area contributed by atoms with E-state index in [0.29, 0.717) is 35.8 Å². The molecule has 0 saturated heterocycles. The molecule has 0 atom stereocenters. The fourth-order valence-corrected chi connectivity index (χ4v) is 2.24. The van der Waals surface area contributed by atoms with E-state index in [9.17, 15) is 9.59 Å². The molecule has 6 nitrogen and oxygen atoms in total. The second kappa shape index (κ2) is 6.34. The van der Waals surface area contributed by atoms with E-state index in [1.165, 1.54) is 18.7 Å². The molecular formula is C16H14N2O4. The maximum atomic E-state index is 12.3. The van der Waals surface area contributed by atoms with Crippen LogP contribution in [-0.4, -0.2) is 34.7 Å². The average Bonchev–Trinajstić information content (AvgIpc) is 2.59. The van der Waals surface area contributed by atoms with Crippen molar-refractivity contribution < 1.29 is 19.1 Å². The normalized spacial score (nSPS) is 12.7. The first-order valence-corrected chi connectivity index (χ1v) is 6.96. The topological polar surface area (TPSA) is 78.4 Å². The van der Waals surface area contributed by atoms with Crippen LogP contribution in [0.15, 0.2) is 36.9 Å². The van der Waals surface area contributed by atoms with Gasteiger partial charge in [-0.2, -0.15) is 0 Å². The van der Waals surface area contributed by atoms with Gasteiger partial charge in [-0.15, -0.1) is 0 Å². The minimum absolute atomic E-state index is 0.105. The number of fused-ring (bicyclic) bond motifs is 1. The first kappa shape index (κ1) is 14.2. The van der Waals surface area contributed by atoms with Gasteiger partial charge in [0.15, 0.2) is 23.1 Å². The van der Waals surface area contributed by atoms with Gasteiger partial charge in [0.2, 0.25) is 0 Å². The van der Waals surface area contributed by atoms with Crippen LogP contribution >= 0.6 is 0 Å². The molecule has 3 rings (SSSR count). The summed E-state index contributed by atoms with van der Waals surface area (Å²) in [5.41, 5.74) is 0.860. The van der Waals surface area contributed by atoms with Crippen molar-refractivity contribution in [2.75, 3.05) is 13.2 Å².